The van der Waals surface area contributed by atoms with Crippen molar-refractivity contribution >= 4 is 34.1 Å². The van der Waals surface area contributed by atoms with Crippen LogP contribution >= 0.6 is 0 Å². The fourth-order valence-corrected chi connectivity index (χ4v) is 6.25. The van der Waals surface area contributed by atoms with E-state index in [1.165, 1.54) is 22.9 Å². The monoisotopic (exact) mass is 647 g/mol. The van der Waals surface area contributed by atoms with Crippen molar-refractivity contribution in [1.82, 2.24) is 19.3 Å². The number of morpholine rings is 1. The van der Waals surface area contributed by atoms with Gasteiger partial charge in [-0.2, -0.15) is 0 Å². The van der Waals surface area contributed by atoms with Crippen LogP contribution in [0, 0.1) is 24.4 Å². The number of esters is 1. The number of aromatic nitrogens is 3. The first kappa shape index (κ1) is 31.8. The summed E-state index contributed by atoms with van der Waals surface area (Å²) in [5.41, 5.74) is 1.94. The molecule has 1 amide bonds. The van der Waals surface area contributed by atoms with Gasteiger partial charge in [0.25, 0.3) is 11.5 Å². The summed E-state index contributed by atoms with van der Waals surface area (Å²) in [5.74, 6) is -4.55. The van der Waals surface area contributed by atoms with Gasteiger partial charge in [-0.05, 0) is 61.9 Å². The van der Waals surface area contributed by atoms with Crippen LogP contribution in [0.15, 0.2) is 59.7 Å². The number of anilines is 1. The van der Waals surface area contributed by atoms with E-state index in [2.05, 4.69) is 10.3 Å². The molecule has 3 aromatic heterocycles. The fraction of sp³-hybridized carbons (Fsp3) is 0.294. The number of benzene rings is 2. The van der Waals surface area contributed by atoms with Gasteiger partial charge >= 0.3 is 5.97 Å². The molecule has 244 valence electrons. The van der Waals surface area contributed by atoms with E-state index in [0.717, 1.165) is 19.2 Å². The zero-order valence-electron chi connectivity index (χ0n) is 26.1. The molecule has 6 rings (SSSR count). The average Bonchev–Trinajstić information content (AvgIpc) is 3.54. The molecule has 1 aliphatic rings. The van der Waals surface area contributed by atoms with E-state index in [1.807, 2.05) is 6.92 Å². The molecule has 0 spiro atoms. The molecule has 1 fully saturated rings. The topological polar surface area (TPSA) is 107 Å². The Labute approximate surface area is 267 Å². The Balaban J connectivity index is 1.33. The number of halogens is 3. The predicted molar refractivity (Wildman–Crippen MR) is 169 cm³/mol. The molecule has 1 N–H and O–H groups in total. The number of hydrogen-bond donors (Lipinski definition) is 1. The maximum absolute atomic E-state index is 15.3. The van der Waals surface area contributed by atoms with Crippen LogP contribution in [0.3, 0.4) is 0 Å². The number of nitrogens with one attached hydrogen (secondary N) is 1. The van der Waals surface area contributed by atoms with Crippen LogP contribution in [0.5, 0.6) is 0 Å². The second-order valence-corrected chi connectivity index (χ2v) is 11.5. The van der Waals surface area contributed by atoms with E-state index < -0.39 is 40.9 Å². The van der Waals surface area contributed by atoms with Gasteiger partial charge in [-0.1, -0.05) is 0 Å². The van der Waals surface area contributed by atoms with Gasteiger partial charge in [0.2, 0.25) is 0 Å². The normalized spacial score (nSPS) is 15.6. The third-order valence-electron chi connectivity index (χ3n) is 8.68. The van der Waals surface area contributed by atoms with Crippen LogP contribution in [-0.2, 0) is 27.7 Å². The smallest absolute Gasteiger partial charge is 0.328 e. The lowest BCUT2D eigenvalue weighted by Gasteiger charge is -2.35. The molecular weight excluding hydrogens is 615 g/mol. The number of hydrogen-bond acceptors (Lipinski definition) is 7. The van der Waals surface area contributed by atoms with Gasteiger partial charge in [0.1, 0.15) is 34.7 Å². The van der Waals surface area contributed by atoms with Gasteiger partial charge in [0, 0.05) is 60.8 Å². The Hall–Kier alpha value is -5.17. The standard InChI is InChI=1S/C34H32F3N5O5/c1-18-17-47-12-11-41(18)22-14-25(36)30(26(37)15-22)32(43)39-27(34(45)46-4)16-21-6-7-23(31-38-9-10-42(21)31)29-19(2)24-13-20(35)5-8-28(24)40(3)33(29)44/h5-10,13-15,18,27H,11-12,16-17H2,1-4H3,(H,39,43)/t18-,27-/m0/s1. The first-order valence-electron chi connectivity index (χ1n) is 15.0. The van der Waals surface area contributed by atoms with Gasteiger partial charge in [-0.25, -0.2) is 22.9 Å². The Morgan fingerprint density at radius 3 is 2.57 bits per heavy atom. The van der Waals surface area contributed by atoms with Crippen LogP contribution in [0.25, 0.3) is 27.7 Å². The van der Waals surface area contributed by atoms with Crippen LogP contribution in [0.1, 0.15) is 28.5 Å². The van der Waals surface area contributed by atoms with Crippen LogP contribution < -0.4 is 15.8 Å². The Morgan fingerprint density at radius 2 is 1.87 bits per heavy atom. The Morgan fingerprint density at radius 1 is 1.13 bits per heavy atom. The van der Waals surface area contributed by atoms with Gasteiger partial charge in [0.15, 0.2) is 0 Å². The highest BCUT2D eigenvalue weighted by Crippen LogP contribution is 2.31. The molecule has 0 radical (unpaired) electrons. The number of ether oxygens (including phenoxy) is 2. The van der Waals surface area contributed by atoms with Crippen molar-refractivity contribution in [2.75, 3.05) is 31.8 Å². The quantitative estimate of drug-likeness (QED) is 0.263. The van der Waals surface area contributed by atoms with Crippen molar-refractivity contribution in [3.05, 3.63) is 99.5 Å². The molecule has 10 nitrogen and oxygen atoms in total. The number of aryl methyl sites for hydroxylation is 2. The Kier molecular flexibility index (Phi) is 8.49. The lowest BCUT2D eigenvalue weighted by atomic mass is 9.98. The first-order valence-corrected chi connectivity index (χ1v) is 15.0. The molecule has 5 aromatic rings. The van der Waals surface area contributed by atoms with E-state index in [9.17, 15) is 18.8 Å². The highest BCUT2D eigenvalue weighted by atomic mass is 19.1. The number of nitrogens with zero attached hydrogens (tertiary/aromatic N) is 4. The highest BCUT2D eigenvalue weighted by Gasteiger charge is 2.29. The van der Waals surface area contributed by atoms with Crippen LogP contribution in [-0.4, -0.2) is 64.8 Å². The second kappa shape index (κ2) is 12.6. The molecule has 1 aliphatic heterocycles. The lowest BCUT2D eigenvalue weighted by Crippen LogP contribution is -2.44. The van der Waals surface area contributed by atoms with Crippen molar-refractivity contribution in [3.63, 3.8) is 0 Å². The zero-order valence-corrected chi connectivity index (χ0v) is 26.1. The summed E-state index contributed by atoms with van der Waals surface area (Å²) in [7, 11) is 2.74. The number of carbonyl (C=O) groups excluding carboxylic acids is 2. The minimum absolute atomic E-state index is 0.117. The first-order chi connectivity index (χ1) is 22.5. The average molecular weight is 648 g/mol. The maximum atomic E-state index is 15.3. The van der Waals surface area contributed by atoms with Gasteiger partial charge in [0.05, 0.1) is 31.4 Å². The maximum Gasteiger partial charge on any atom is 0.328 e. The molecular formula is C34H32F3N5O5. The largest absolute Gasteiger partial charge is 0.467 e. The van der Waals surface area contributed by atoms with E-state index in [-0.39, 0.29) is 23.7 Å². The van der Waals surface area contributed by atoms with E-state index in [4.69, 9.17) is 9.47 Å². The number of methoxy groups -OCH3 is 1. The summed E-state index contributed by atoms with van der Waals surface area (Å²) in [6.45, 7) is 4.84. The number of rotatable bonds is 7. The molecule has 0 bridgehead atoms. The van der Waals surface area contributed by atoms with Gasteiger partial charge in [-0.3, -0.25) is 9.59 Å². The predicted octanol–water partition coefficient (Wildman–Crippen LogP) is 4.32. The summed E-state index contributed by atoms with van der Waals surface area (Å²) in [6.07, 6.45) is 2.99. The van der Waals surface area contributed by atoms with E-state index in [0.29, 0.717) is 58.7 Å². The van der Waals surface area contributed by atoms with E-state index >= 15 is 8.78 Å². The molecule has 0 saturated carbocycles. The highest BCUT2D eigenvalue weighted by molar-refractivity contribution is 5.98. The van der Waals surface area contributed by atoms with Gasteiger partial charge in [-0.15, -0.1) is 0 Å². The number of pyridine rings is 2. The summed E-state index contributed by atoms with van der Waals surface area (Å²) in [5, 5.41) is 2.99. The molecule has 2 atom stereocenters. The fourth-order valence-electron chi connectivity index (χ4n) is 6.25. The summed E-state index contributed by atoms with van der Waals surface area (Å²) in [6, 6.07) is 8.26. The van der Waals surface area contributed by atoms with Crippen molar-refractivity contribution < 1.29 is 32.2 Å². The summed E-state index contributed by atoms with van der Waals surface area (Å²) >= 11 is 0. The van der Waals surface area contributed by atoms with Gasteiger partial charge < -0.3 is 28.7 Å². The summed E-state index contributed by atoms with van der Waals surface area (Å²) in [4.78, 5) is 45.9. The molecule has 2 aromatic carbocycles. The summed E-state index contributed by atoms with van der Waals surface area (Å²) < 4.78 is 58.1. The minimum atomic E-state index is -1.33. The number of amides is 1. The second-order valence-electron chi connectivity index (χ2n) is 11.5. The van der Waals surface area contributed by atoms with Crippen LogP contribution in [0.2, 0.25) is 0 Å². The number of carbonyl (C=O) groups is 2. The molecule has 1 saturated heterocycles. The molecule has 47 heavy (non-hydrogen) atoms. The lowest BCUT2D eigenvalue weighted by molar-refractivity contribution is -0.142. The minimum Gasteiger partial charge on any atom is -0.467 e. The van der Waals surface area contributed by atoms with Crippen LogP contribution in [0.4, 0.5) is 18.9 Å². The number of imidazole rings is 1. The van der Waals surface area contributed by atoms with Crippen molar-refractivity contribution in [1.29, 1.82) is 0 Å². The third-order valence-corrected chi connectivity index (χ3v) is 8.68. The van der Waals surface area contributed by atoms with E-state index in [1.54, 1.807) is 47.7 Å². The Bertz CT molecular complexity index is 2090. The SMILES string of the molecule is COC(=O)[C@H](Cc1ccc(-c2c(C)c3cc(F)ccc3n(C)c2=O)c2nccn12)NC(=O)c1c(F)cc(N2CCOC[C@@H]2C)cc1F. The molecule has 4 heterocycles. The van der Waals surface area contributed by atoms with Crippen molar-refractivity contribution in [2.45, 2.75) is 32.4 Å². The molecule has 13 heteroatoms. The molecule has 0 aliphatic carbocycles. The van der Waals surface area contributed by atoms with Crippen molar-refractivity contribution in [3.8, 4) is 11.1 Å². The third kappa shape index (κ3) is 5.71. The van der Waals surface area contributed by atoms with Crippen molar-refractivity contribution in [2.24, 2.45) is 7.05 Å². The number of fused-ring (bicyclic) bond motifs is 2. The zero-order chi connectivity index (χ0) is 33.6. The molecule has 0 unspecified atom stereocenters.